The van der Waals surface area contributed by atoms with Crippen LogP contribution in [0.5, 0.6) is 0 Å². The maximum absolute atomic E-state index is 5.98. The summed E-state index contributed by atoms with van der Waals surface area (Å²) in [5.41, 5.74) is 2.32. The number of rotatable bonds is 5. The first kappa shape index (κ1) is 12.5. The minimum atomic E-state index is 0.237. The minimum absolute atomic E-state index is 0.237. The highest BCUT2D eigenvalue weighted by Gasteiger charge is 2.09. The topological polar surface area (TPSA) is 21.3 Å². The van der Waals surface area contributed by atoms with Crippen molar-refractivity contribution in [2.24, 2.45) is 0 Å². The van der Waals surface area contributed by atoms with E-state index in [1.807, 2.05) is 33.0 Å². The van der Waals surface area contributed by atoms with E-state index in [-0.39, 0.29) is 6.04 Å². The molecule has 1 N–H and O–H groups in total. The molecule has 0 aliphatic carbocycles. The Morgan fingerprint density at radius 2 is 2.20 bits per heavy atom. The number of hydrogen-bond donors (Lipinski definition) is 1. The van der Waals surface area contributed by atoms with Crippen LogP contribution in [0.15, 0.2) is 18.2 Å². The van der Waals surface area contributed by atoms with Gasteiger partial charge in [-0.25, -0.2) is 0 Å². The van der Waals surface area contributed by atoms with Crippen LogP contribution in [-0.4, -0.2) is 20.3 Å². The lowest BCUT2D eigenvalue weighted by Crippen LogP contribution is -2.21. The Bertz CT molecular complexity index is 314. The van der Waals surface area contributed by atoms with Crippen molar-refractivity contribution in [1.82, 2.24) is 5.32 Å². The molecule has 0 aliphatic heterocycles. The molecule has 0 heterocycles. The SMILES string of the molecule is CCOCC(NC)c1ccc(Cl)c(C)c1. The van der Waals surface area contributed by atoms with Crippen LogP contribution in [0.2, 0.25) is 5.02 Å². The predicted octanol–water partition coefficient (Wildman–Crippen LogP) is 2.95. The Hall–Kier alpha value is -0.570. The van der Waals surface area contributed by atoms with Crippen LogP contribution in [0.25, 0.3) is 0 Å². The predicted molar refractivity (Wildman–Crippen MR) is 64.5 cm³/mol. The molecule has 0 bridgehead atoms. The number of aryl methyl sites for hydroxylation is 1. The first-order chi connectivity index (χ1) is 7.19. The number of hydrogen-bond acceptors (Lipinski definition) is 2. The Kier molecular flexibility index (Phi) is 5.09. The highest BCUT2D eigenvalue weighted by atomic mass is 35.5. The zero-order valence-electron chi connectivity index (χ0n) is 9.51. The highest BCUT2D eigenvalue weighted by molar-refractivity contribution is 6.31. The van der Waals surface area contributed by atoms with Crippen molar-refractivity contribution in [3.05, 3.63) is 34.3 Å². The number of likely N-dealkylation sites (N-methyl/N-ethyl adjacent to an activating group) is 1. The van der Waals surface area contributed by atoms with Crippen LogP contribution in [-0.2, 0) is 4.74 Å². The Labute approximate surface area is 96.6 Å². The van der Waals surface area contributed by atoms with Gasteiger partial charge in [-0.1, -0.05) is 23.7 Å². The number of ether oxygens (including phenoxy) is 1. The maximum Gasteiger partial charge on any atom is 0.0661 e. The average Bonchev–Trinajstić information content (AvgIpc) is 2.24. The molecule has 0 amide bonds. The van der Waals surface area contributed by atoms with Crippen LogP contribution in [0.4, 0.5) is 0 Å². The molecule has 1 atom stereocenters. The van der Waals surface area contributed by atoms with Gasteiger partial charge in [-0.05, 0) is 38.1 Å². The lowest BCUT2D eigenvalue weighted by molar-refractivity contribution is 0.125. The molecule has 1 aromatic carbocycles. The molecule has 0 aliphatic rings. The van der Waals surface area contributed by atoms with Crippen molar-refractivity contribution in [2.45, 2.75) is 19.9 Å². The smallest absolute Gasteiger partial charge is 0.0661 e. The second-order valence-electron chi connectivity index (χ2n) is 3.51. The van der Waals surface area contributed by atoms with E-state index in [0.29, 0.717) is 6.61 Å². The molecule has 0 saturated heterocycles. The molecule has 0 radical (unpaired) electrons. The first-order valence-corrected chi connectivity index (χ1v) is 5.58. The van der Waals surface area contributed by atoms with Gasteiger partial charge in [0.1, 0.15) is 0 Å². The summed E-state index contributed by atoms with van der Waals surface area (Å²) >= 11 is 5.98. The van der Waals surface area contributed by atoms with E-state index in [9.17, 15) is 0 Å². The van der Waals surface area contributed by atoms with Gasteiger partial charge in [-0.3, -0.25) is 0 Å². The second kappa shape index (κ2) is 6.11. The summed E-state index contributed by atoms with van der Waals surface area (Å²) in [6.45, 7) is 5.44. The Morgan fingerprint density at radius 1 is 1.47 bits per heavy atom. The fourth-order valence-corrected chi connectivity index (χ4v) is 1.58. The zero-order chi connectivity index (χ0) is 11.3. The van der Waals surface area contributed by atoms with E-state index < -0.39 is 0 Å². The fourth-order valence-electron chi connectivity index (χ4n) is 1.47. The van der Waals surface area contributed by atoms with Crippen LogP contribution >= 0.6 is 11.6 Å². The van der Waals surface area contributed by atoms with Gasteiger partial charge >= 0.3 is 0 Å². The van der Waals surface area contributed by atoms with E-state index >= 15 is 0 Å². The van der Waals surface area contributed by atoms with Gasteiger partial charge in [0, 0.05) is 11.6 Å². The van der Waals surface area contributed by atoms with E-state index in [0.717, 1.165) is 17.2 Å². The molecule has 15 heavy (non-hydrogen) atoms. The van der Waals surface area contributed by atoms with Crippen molar-refractivity contribution in [3.8, 4) is 0 Å². The summed E-state index contributed by atoms with van der Waals surface area (Å²) < 4.78 is 5.42. The summed E-state index contributed by atoms with van der Waals surface area (Å²) in [5, 5.41) is 4.04. The summed E-state index contributed by atoms with van der Waals surface area (Å²) in [7, 11) is 1.94. The molecular weight excluding hydrogens is 210 g/mol. The van der Waals surface area contributed by atoms with Crippen molar-refractivity contribution >= 4 is 11.6 Å². The number of benzene rings is 1. The Morgan fingerprint density at radius 3 is 2.73 bits per heavy atom. The lowest BCUT2D eigenvalue weighted by Gasteiger charge is -2.17. The molecule has 1 aromatic rings. The van der Waals surface area contributed by atoms with Gasteiger partial charge in [0.25, 0.3) is 0 Å². The van der Waals surface area contributed by atoms with Gasteiger partial charge in [-0.2, -0.15) is 0 Å². The van der Waals surface area contributed by atoms with Gasteiger partial charge in [0.15, 0.2) is 0 Å². The largest absolute Gasteiger partial charge is 0.380 e. The molecule has 0 fully saturated rings. The normalized spacial score (nSPS) is 12.8. The van der Waals surface area contributed by atoms with Crippen molar-refractivity contribution in [3.63, 3.8) is 0 Å². The number of nitrogens with one attached hydrogen (secondary N) is 1. The molecule has 0 aromatic heterocycles. The third-order valence-electron chi connectivity index (χ3n) is 2.42. The van der Waals surface area contributed by atoms with Crippen LogP contribution in [0.1, 0.15) is 24.1 Å². The highest BCUT2D eigenvalue weighted by Crippen LogP contribution is 2.20. The standard InChI is InChI=1S/C12H18ClNO/c1-4-15-8-12(14-3)10-5-6-11(13)9(2)7-10/h5-7,12,14H,4,8H2,1-3H3. The summed E-state index contributed by atoms with van der Waals surface area (Å²) in [6.07, 6.45) is 0. The van der Waals surface area contributed by atoms with Gasteiger partial charge in [-0.15, -0.1) is 0 Å². The van der Waals surface area contributed by atoms with E-state index in [1.54, 1.807) is 0 Å². The molecule has 0 saturated carbocycles. The van der Waals surface area contributed by atoms with Gasteiger partial charge < -0.3 is 10.1 Å². The average molecular weight is 228 g/mol. The molecule has 2 nitrogen and oxygen atoms in total. The van der Waals surface area contributed by atoms with Crippen LogP contribution in [0, 0.1) is 6.92 Å². The van der Waals surface area contributed by atoms with E-state index in [1.165, 1.54) is 5.56 Å². The molecule has 1 rings (SSSR count). The first-order valence-electron chi connectivity index (χ1n) is 5.20. The van der Waals surface area contributed by atoms with Crippen molar-refractivity contribution < 1.29 is 4.74 Å². The van der Waals surface area contributed by atoms with E-state index in [4.69, 9.17) is 16.3 Å². The summed E-state index contributed by atoms with van der Waals surface area (Å²) in [6, 6.07) is 6.31. The van der Waals surface area contributed by atoms with Crippen molar-refractivity contribution in [2.75, 3.05) is 20.3 Å². The molecule has 3 heteroatoms. The monoisotopic (exact) mass is 227 g/mol. The minimum Gasteiger partial charge on any atom is -0.380 e. The summed E-state index contributed by atoms with van der Waals surface area (Å²) in [4.78, 5) is 0. The van der Waals surface area contributed by atoms with Crippen LogP contribution < -0.4 is 5.32 Å². The molecular formula is C12H18ClNO. The molecule has 1 unspecified atom stereocenters. The van der Waals surface area contributed by atoms with Gasteiger partial charge in [0.2, 0.25) is 0 Å². The second-order valence-corrected chi connectivity index (χ2v) is 3.92. The Balaban J connectivity index is 2.78. The third kappa shape index (κ3) is 3.49. The molecule has 84 valence electrons. The van der Waals surface area contributed by atoms with Crippen LogP contribution in [0.3, 0.4) is 0 Å². The third-order valence-corrected chi connectivity index (χ3v) is 2.85. The summed E-state index contributed by atoms with van der Waals surface area (Å²) in [5.74, 6) is 0. The number of halogens is 1. The quantitative estimate of drug-likeness (QED) is 0.835. The van der Waals surface area contributed by atoms with E-state index in [2.05, 4.69) is 11.4 Å². The molecule has 0 spiro atoms. The van der Waals surface area contributed by atoms with Gasteiger partial charge in [0.05, 0.1) is 12.6 Å². The lowest BCUT2D eigenvalue weighted by atomic mass is 10.1. The maximum atomic E-state index is 5.98. The fraction of sp³-hybridized carbons (Fsp3) is 0.500. The zero-order valence-corrected chi connectivity index (χ0v) is 10.3. The van der Waals surface area contributed by atoms with Crippen molar-refractivity contribution in [1.29, 1.82) is 0 Å².